The van der Waals surface area contributed by atoms with Gasteiger partial charge in [0.15, 0.2) is 6.04 Å². The van der Waals surface area contributed by atoms with E-state index in [0.717, 1.165) is 25.4 Å². The summed E-state index contributed by atoms with van der Waals surface area (Å²) < 4.78 is 5.34. The van der Waals surface area contributed by atoms with Crippen LogP contribution in [-0.2, 0) is 0 Å². The van der Waals surface area contributed by atoms with Gasteiger partial charge in [0.25, 0.3) is 0 Å². The van der Waals surface area contributed by atoms with E-state index in [2.05, 4.69) is 29.8 Å². The van der Waals surface area contributed by atoms with Crippen LogP contribution in [0.25, 0.3) is 0 Å². The Hall–Kier alpha value is -1.31. The summed E-state index contributed by atoms with van der Waals surface area (Å²) in [5, 5.41) is 9.27. The molecule has 2 heterocycles. The summed E-state index contributed by atoms with van der Waals surface area (Å²) in [6.45, 7) is 5.07. The predicted octanol–water partition coefficient (Wildman–Crippen LogP) is 1.48. The van der Waals surface area contributed by atoms with Crippen molar-refractivity contribution in [2.45, 2.75) is 19.0 Å². The van der Waals surface area contributed by atoms with Crippen LogP contribution in [0.4, 0.5) is 0 Å². The minimum absolute atomic E-state index is 0.251. The Kier molecular flexibility index (Phi) is 3.28. The summed E-state index contributed by atoms with van der Waals surface area (Å²) in [4.78, 5) is 4.50. The van der Waals surface area contributed by atoms with Crippen LogP contribution in [0.2, 0.25) is 0 Å². The zero-order valence-electron chi connectivity index (χ0n) is 9.76. The molecule has 1 saturated heterocycles. The second-order valence-corrected chi connectivity index (χ2v) is 4.40. The van der Waals surface area contributed by atoms with Crippen molar-refractivity contribution in [3.63, 3.8) is 0 Å². The number of nitrogens with zero attached hydrogens (tertiary/aromatic N) is 3. The van der Waals surface area contributed by atoms with Gasteiger partial charge in [-0.1, -0.05) is 0 Å². The molecule has 0 aromatic carbocycles. The van der Waals surface area contributed by atoms with Gasteiger partial charge in [0, 0.05) is 25.7 Å². The van der Waals surface area contributed by atoms with Crippen molar-refractivity contribution < 1.29 is 4.42 Å². The quantitative estimate of drug-likeness (QED) is 0.755. The minimum Gasteiger partial charge on any atom is -0.467 e. The van der Waals surface area contributed by atoms with E-state index in [1.807, 2.05) is 12.1 Å². The molecule has 0 amide bonds. The molecule has 86 valence electrons. The molecular weight excluding hydrogens is 202 g/mol. The number of furan rings is 1. The monoisotopic (exact) mass is 219 g/mol. The van der Waals surface area contributed by atoms with Gasteiger partial charge >= 0.3 is 0 Å². The van der Waals surface area contributed by atoms with Crippen molar-refractivity contribution in [1.82, 2.24) is 9.80 Å². The highest BCUT2D eigenvalue weighted by molar-refractivity contribution is 5.14. The van der Waals surface area contributed by atoms with Crippen molar-refractivity contribution in [2.75, 3.05) is 26.7 Å². The molecule has 1 aromatic rings. The molecular formula is C12H17N3O. The molecule has 1 aromatic heterocycles. The largest absolute Gasteiger partial charge is 0.467 e. The molecule has 0 saturated carbocycles. The smallest absolute Gasteiger partial charge is 0.157 e. The van der Waals surface area contributed by atoms with Crippen LogP contribution in [0.15, 0.2) is 22.8 Å². The maximum atomic E-state index is 9.27. The first-order valence-electron chi connectivity index (χ1n) is 5.59. The molecule has 1 fully saturated rings. The van der Waals surface area contributed by atoms with Gasteiger partial charge in [-0.25, -0.2) is 0 Å². The third-order valence-corrected chi connectivity index (χ3v) is 3.15. The second-order valence-electron chi connectivity index (χ2n) is 4.40. The Morgan fingerprint density at radius 1 is 1.56 bits per heavy atom. The van der Waals surface area contributed by atoms with E-state index >= 15 is 0 Å². The van der Waals surface area contributed by atoms with E-state index in [4.69, 9.17) is 4.42 Å². The lowest BCUT2D eigenvalue weighted by atomic mass is 10.1. The summed E-state index contributed by atoms with van der Waals surface area (Å²) in [5.74, 6) is 0.749. The molecule has 0 aliphatic carbocycles. The lowest BCUT2D eigenvalue weighted by Gasteiger charge is -2.39. The molecule has 0 bridgehead atoms. The minimum atomic E-state index is -0.251. The fourth-order valence-corrected chi connectivity index (χ4v) is 2.29. The van der Waals surface area contributed by atoms with E-state index in [9.17, 15) is 5.26 Å². The fraction of sp³-hybridized carbons (Fsp3) is 0.583. The van der Waals surface area contributed by atoms with Crippen LogP contribution in [0.5, 0.6) is 0 Å². The van der Waals surface area contributed by atoms with Crippen LogP contribution in [-0.4, -0.2) is 42.5 Å². The van der Waals surface area contributed by atoms with E-state index in [-0.39, 0.29) is 6.04 Å². The molecule has 2 atom stereocenters. The van der Waals surface area contributed by atoms with Gasteiger partial charge in [0.2, 0.25) is 0 Å². The van der Waals surface area contributed by atoms with Crippen LogP contribution in [0.1, 0.15) is 18.7 Å². The number of hydrogen-bond acceptors (Lipinski definition) is 4. The summed E-state index contributed by atoms with van der Waals surface area (Å²) in [5.41, 5.74) is 0. The van der Waals surface area contributed by atoms with Crippen molar-refractivity contribution in [2.24, 2.45) is 0 Å². The van der Waals surface area contributed by atoms with Crippen molar-refractivity contribution in [3.05, 3.63) is 24.2 Å². The summed E-state index contributed by atoms with van der Waals surface area (Å²) in [7, 11) is 2.11. The van der Waals surface area contributed by atoms with Gasteiger partial charge in [0.1, 0.15) is 5.76 Å². The molecule has 4 nitrogen and oxygen atoms in total. The van der Waals surface area contributed by atoms with Crippen molar-refractivity contribution >= 4 is 0 Å². The number of likely N-dealkylation sites (N-methyl/N-ethyl adjacent to an activating group) is 1. The summed E-state index contributed by atoms with van der Waals surface area (Å²) >= 11 is 0. The van der Waals surface area contributed by atoms with Gasteiger partial charge < -0.3 is 9.32 Å². The van der Waals surface area contributed by atoms with Crippen LogP contribution >= 0.6 is 0 Å². The van der Waals surface area contributed by atoms with E-state index in [1.165, 1.54) is 0 Å². The number of piperazine rings is 1. The molecule has 0 N–H and O–H groups in total. The number of rotatable bonds is 2. The number of nitriles is 1. The first-order chi connectivity index (χ1) is 7.72. The zero-order valence-corrected chi connectivity index (χ0v) is 9.76. The standard InChI is InChI=1S/C12H17N3O/c1-10-9-14(2)5-6-15(10)11(8-13)12-4-3-7-16-12/h3-4,7,10-11H,5-6,9H2,1-2H3. The molecule has 1 aliphatic heterocycles. The summed E-state index contributed by atoms with van der Waals surface area (Å²) in [6.07, 6.45) is 1.63. The Bertz CT molecular complexity index is 368. The molecule has 2 unspecified atom stereocenters. The summed E-state index contributed by atoms with van der Waals surface area (Å²) in [6, 6.07) is 6.17. The number of hydrogen-bond donors (Lipinski definition) is 0. The topological polar surface area (TPSA) is 43.4 Å². The van der Waals surface area contributed by atoms with Crippen LogP contribution < -0.4 is 0 Å². The highest BCUT2D eigenvalue weighted by atomic mass is 16.3. The molecule has 2 rings (SSSR count). The predicted molar refractivity (Wildman–Crippen MR) is 60.7 cm³/mol. The maximum Gasteiger partial charge on any atom is 0.157 e. The highest BCUT2D eigenvalue weighted by Gasteiger charge is 2.30. The fourth-order valence-electron chi connectivity index (χ4n) is 2.29. The van der Waals surface area contributed by atoms with Crippen LogP contribution in [0, 0.1) is 11.3 Å². The average molecular weight is 219 g/mol. The molecule has 4 heteroatoms. The van der Waals surface area contributed by atoms with Gasteiger partial charge in [-0.15, -0.1) is 0 Å². The van der Waals surface area contributed by atoms with Crippen molar-refractivity contribution in [1.29, 1.82) is 5.26 Å². The Morgan fingerprint density at radius 3 is 2.94 bits per heavy atom. The Labute approximate surface area is 96.1 Å². The first-order valence-corrected chi connectivity index (χ1v) is 5.59. The third-order valence-electron chi connectivity index (χ3n) is 3.15. The van der Waals surface area contributed by atoms with Crippen LogP contribution in [0.3, 0.4) is 0 Å². The Morgan fingerprint density at radius 2 is 2.38 bits per heavy atom. The maximum absolute atomic E-state index is 9.27. The SMILES string of the molecule is CC1CN(C)CCN1C(C#N)c1ccco1. The zero-order chi connectivity index (χ0) is 11.5. The molecule has 16 heavy (non-hydrogen) atoms. The van der Waals surface area contributed by atoms with E-state index < -0.39 is 0 Å². The average Bonchev–Trinajstić information content (AvgIpc) is 2.75. The molecule has 0 spiro atoms. The van der Waals surface area contributed by atoms with Gasteiger partial charge in [-0.3, -0.25) is 4.90 Å². The normalized spacial score (nSPS) is 25.2. The first kappa shape index (κ1) is 11.2. The lowest BCUT2D eigenvalue weighted by Crippen LogP contribution is -2.51. The Balaban J connectivity index is 2.14. The van der Waals surface area contributed by atoms with Gasteiger partial charge in [-0.2, -0.15) is 5.26 Å². The van der Waals surface area contributed by atoms with Gasteiger partial charge in [0.05, 0.1) is 12.3 Å². The lowest BCUT2D eigenvalue weighted by molar-refractivity contribution is 0.0723. The second kappa shape index (κ2) is 4.69. The molecule has 1 aliphatic rings. The van der Waals surface area contributed by atoms with Gasteiger partial charge in [-0.05, 0) is 26.1 Å². The third kappa shape index (κ3) is 2.11. The van der Waals surface area contributed by atoms with E-state index in [1.54, 1.807) is 6.26 Å². The van der Waals surface area contributed by atoms with Crippen molar-refractivity contribution in [3.8, 4) is 6.07 Å². The molecule has 0 radical (unpaired) electrons. The van der Waals surface area contributed by atoms with E-state index in [0.29, 0.717) is 6.04 Å². The highest BCUT2D eigenvalue weighted by Crippen LogP contribution is 2.24.